The van der Waals surface area contributed by atoms with E-state index < -0.39 is 7.12 Å². The minimum absolute atomic E-state index is 0.0472. The summed E-state index contributed by atoms with van der Waals surface area (Å²) in [5.74, 6) is 0.0425. The van der Waals surface area contributed by atoms with E-state index >= 15 is 0 Å². The number of Topliss-reactive ketones (excluding diaryl/α,β-unsaturated/α-hetero) is 1. The predicted octanol–water partition coefficient (Wildman–Crippen LogP) is 1.36. The van der Waals surface area contributed by atoms with Gasteiger partial charge < -0.3 is 10.0 Å². The highest BCUT2D eigenvalue weighted by Gasteiger charge is 2.16. The molecule has 0 unspecified atom stereocenters. The smallest absolute Gasteiger partial charge is 0.423 e. The molecule has 0 saturated carbocycles. The largest absolute Gasteiger partial charge is 0.489 e. The van der Waals surface area contributed by atoms with Gasteiger partial charge in [-0.15, -0.1) is 0 Å². The number of ketones is 1. The third-order valence-electron chi connectivity index (χ3n) is 3.00. The van der Waals surface area contributed by atoms with Gasteiger partial charge in [0.2, 0.25) is 0 Å². The molecule has 0 amide bonds. The molecule has 4 heteroatoms. The molecule has 0 aromatic heterocycles. The molecule has 0 atom stereocenters. The number of carbonyl (C=O) groups excluding carboxylic acids is 1. The summed E-state index contributed by atoms with van der Waals surface area (Å²) >= 11 is 0. The van der Waals surface area contributed by atoms with E-state index in [9.17, 15) is 14.8 Å². The second-order valence-electron chi connectivity index (χ2n) is 4.68. The van der Waals surface area contributed by atoms with Crippen LogP contribution in [0.3, 0.4) is 0 Å². The topological polar surface area (TPSA) is 57.5 Å². The zero-order valence-corrected chi connectivity index (χ0v) is 10.4. The molecule has 0 bridgehead atoms. The van der Waals surface area contributed by atoms with E-state index in [2.05, 4.69) is 0 Å². The summed E-state index contributed by atoms with van der Waals surface area (Å²) in [6.45, 7) is 3.72. The second kappa shape index (κ2) is 4.92. The van der Waals surface area contributed by atoms with Crippen molar-refractivity contribution < 1.29 is 14.8 Å². The van der Waals surface area contributed by atoms with Crippen molar-refractivity contribution in [3.05, 3.63) is 42.0 Å². The number of hydrogen-bond donors (Lipinski definition) is 2. The molecule has 2 rings (SSSR count). The molecule has 18 heavy (non-hydrogen) atoms. The lowest BCUT2D eigenvalue weighted by atomic mass is 9.77. The highest BCUT2D eigenvalue weighted by molar-refractivity contribution is 6.62. The molecular formula is C14H15BO3. The molecule has 0 heterocycles. The Labute approximate surface area is 106 Å². The van der Waals surface area contributed by atoms with Gasteiger partial charge in [0, 0.05) is 11.5 Å². The fourth-order valence-electron chi connectivity index (χ4n) is 2.02. The van der Waals surface area contributed by atoms with E-state index in [1.807, 2.05) is 19.9 Å². The number of fused-ring (bicyclic) bond motifs is 1. The SMILES string of the molecule is CC(C)C(=O)c1ccc2c(B(O)O)cccc2c1. The van der Waals surface area contributed by atoms with E-state index in [0.717, 1.165) is 10.8 Å². The Bertz CT molecular complexity index is 591. The van der Waals surface area contributed by atoms with Crippen molar-refractivity contribution in [1.82, 2.24) is 0 Å². The summed E-state index contributed by atoms with van der Waals surface area (Å²) in [7, 11) is -1.50. The van der Waals surface area contributed by atoms with Crippen LogP contribution >= 0.6 is 0 Å². The molecule has 0 aliphatic heterocycles. The van der Waals surface area contributed by atoms with Gasteiger partial charge in [0.15, 0.2) is 5.78 Å². The summed E-state index contributed by atoms with van der Waals surface area (Å²) in [5, 5.41) is 20.2. The minimum atomic E-state index is -1.50. The highest BCUT2D eigenvalue weighted by Crippen LogP contribution is 2.17. The van der Waals surface area contributed by atoms with Crippen molar-refractivity contribution in [3.63, 3.8) is 0 Å². The number of rotatable bonds is 3. The van der Waals surface area contributed by atoms with Crippen molar-refractivity contribution >= 4 is 29.1 Å². The first kappa shape index (κ1) is 12.8. The predicted molar refractivity (Wildman–Crippen MR) is 72.9 cm³/mol. The van der Waals surface area contributed by atoms with Gasteiger partial charge in [-0.1, -0.05) is 44.2 Å². The zero-order valence-electron chi connectivity index (χ0n) is 10.4. The van der Waals surface area contributed by atoms with Crippen LogP contribution in [0.2, 0.25) is 0 Å². The Hall–Kier alpha value is -1.65. The molecule has 0 aliphatic carbocycles. The van der Waals surface area contributed by atoms with Gasteiger partial charge in [-0.2, -0.15) is 0 Å². The summed E-state index contributed by atoms with van der Waals surface area (Å²) in [4.78, 5) is 11.9. The molecule has 3 nitrogen and oxygen atoms in total. The molecule has 2 N–H and O–H groups in total. The van der Waals surface area contributed by atoms with Crippen LogP contribution in [0.15, 0.2) is 36.4 Å². The minimum Gasteiger partial charge on any atom is -0.423 e. The molecular weight excluding hydrogens is 227 g/mol. The summed E-state index contributed by atoms with van der Waals surface area (Å²) in [6, 6.07) is 10.6. The third-order valence-corrected chi connectivity index (χ3v) is 3.00. The van der Waals surface area contributed by atoms with Gasteiger partial charge in [0.1, 0.15) is 0 Å². The quantitative estimate of drug-likeness (QED) is 0.631. The Morgan fingerprint density at radius 2 is 1.89 bits per heavy atom. The lowest BCUT2D eigenvalue weighted by Crippen LogP contribution is -2.30. The van der Waals surface area contributed by atoms with Crippen molar-refractivity contribution in [2.45, 2.75) is 13.8 Å². The number of benzene rings is 2. The van der Waals surface area contributed by atoms with Crippen LogP contribution in [-0.2, 0) is 0 Å². The van der Waals surface area contributed by atoms with Crippen LogP contribution in [0, 0.1) is 5.92 Å². The molecule has 0 fully saturated rings. The maximum Gasteiger partial charge on any atom is 0.489 e. The van der Waals surface area contributed by atoms with Gasteiger partial charge >= 0.3 is 7.12 Å². The highest BCUT2D eigenvalue weighted by atomic mass is 16.4. The van der Waals surface area contributed by atoms with Crippen LogP contribution in [-0.4, -0.2) is 22.9 Å². The lowest BCUT2D eigenvalue weighted by molar-refractivity contribution is 0.0939. The fraction of sp³-hybridized carbons (Fsp3) is 0.214. The first-order valence-electron chi connectivity index (χ1n) is 5.93. The number of hydrogen-bond acceptors (Lipinski definition) is 3. The van der Waals surface area contributed by atoms with Crippen molar-refractivity contribution in [2.24, 2.45) is 5.92 Å². The monoisotopic (exact) mass is 242 g/mol. The maximum absolute atomic E-state index is 11.9. The first-order valence-corrected chi connectivity index (χ1v) is 5.93. The molecule has 2 aromatic rings. The Morgan fingerprint density at radius 3 is 2.50 bits per heavy atom. The van der Waals surface area contributed by atoms with Crippen molar-refractivity contribution in [2.75, 3.05) is 0 Å². The standard InChI is InChI=1S/C14H15BO3/c1-9(2)14(16)11-6-7-12-10(8-11)4-3-5-13(12)15(17)18/h3-9,17-18H,1-2H3. The number of carbonyl (C=O) groups is 1. The molecule has 0 spiro atoms. The van der Waals surface area contributed by atoms with Gasteiger partial charge in [0.05, 0.1) is 0 Å². The Balaban J connectivity index is 2.57. The van der Waals surface area contributed by atoms with Crippen molar-refractivity contribution in [1.29, 1.82) is 0 Å². The maximum atomic E-state index is 11.9. The summed E-state index contributed by atoms with van der Waals surface area (Å²) in [6.07, 6.45) is 0. The van der Waals surface area contributed by atoms with E-state index in [0.29, 0.717) is 11.0 Å². The average Bonchev–Trinajstić information content (AvgIpc) is 2.36. The third kappa shape index (κ3) is 2.30. The lowest BCUT2D eigenvalue weighted by Gasteiger charge is -2.08. The normalized spacial score (nSPS) is 10.9. The Kier molecular flexibility index (Phi) is 3.50. The molecule has 0 aliphatic rings. The van der Waals surface area contributed by atoms with E-state index in [-0.39, 0.29) is 11.7 Å². The fourth-order valence-corrected chi connectivity index (χ4v) is 2.02. The van der Waals surface area contributed by atoms with E-state index in [1.165, 1.54) is 0 Å². The molecule has 2 aromatic carbocycles. The summed E-state index contributed by atoms with van der Waals surface area (Å²) < 4.78 is 0. The second-order valence-corrected chi connectivity index (χ2v) is 4.68. The molecule has 92 valence electrons. The van der Waals surface area contributed by atoms with Crippen LogP contribution in [0.5, 0.6) is 0 Å². The van der Waals surface area contributed by atoms with Gasteiger partial charge in [-0.3, -0.25) is 4.79 Å². The van der Waals surface area contributed by atoms with Crippen LogP contribution in [0.1, 0.15) is 24.2 Å². The van der Waals surface area contributed by atoms with Gasteiger partial charge in [-0.05, 0) is 22.3 Å². The van der Waals surface area contributed by atoms with Crippen molar-refractivity contribution in [3.8, 4) is 0 Å². The zero-order chi connectivity index (χ0) is 13.3. The van der Waals surface area contributed by atoms with Crippen LogP contribution < -0.4 is 5.46 Å². The first-order chi connectivity index (χ1) is 8.50. The molecule has 0 radical (unpaired) electrons. The van der Waals surface area contributed by atoms with Crippen LogP contribution in [0.25, 0.3) is 10.8 Å². The van der Waals surface area contributed by atoms with Gasteiger partial charge in [0.25, 0.3) is 0 Å². The Morgan fingerprint density at radius 1 is 1.17 bits per heavy atom. The van der Waals surface area contributed by atoms with Gasteiger partial charge in [-0.25, -0.2) is 0 Å². The average molecular weight is 242 g/mol. The summed E-state index contributed by atoms with van der Waals surface area (Å²) in [5.41, 5.74) is 1.11. The van der Waals surface area contributed by atoms with E-state index in [4.69, 9.17) is 0 Å². The molecule has 0 saturated heterocycles. The van der Waals surface area contributed by atoms with E-state index in [1.54, 1.807) is 30.3 Å². The van der Waals surface area contributed by atoms with Crippen LogP contribution in [0.4, 0.5) is 0 Å².